The molecule has 0 saturated carbocycles. The second-order valence-electron chi connectivity index (χ2n) is 9.03. The molecule has 9 nitrogen and oxygen atoms in total. The molecule has 184 valence electrons. The lowest BCUT2D eigenvalue weighted by atomic mass is 9.98. The fraction of sp³-hybridized carbons (Fsp3) is 0.308. The maximum Gasteiger partial charge on any atom is 0.313 e. The SMILES string of the molecule is COc1cc(NC(=O)C(=O)NC(C)(C)CNC(=O)c2c(C)cc(C)cc2C)ccc1-c1cnco1. The molecule has 0 fully saturated rings. The Morgan fingerprint density at radius 2 is 1.71 bits per heavy atom. The van der Waals surface area contributed by atoms with Crippen molar-refractivity contribution in [3.8, 4) is 17.1 Å². The Bertz CT molecular complexity index is 1230. The maximum atomic E-state index is 12.8. The lowest BCUT2D eigenvalue weighted by molar-refractivity contribution is -0.137. The Labute approximate surface area is 204 Å². The van der Waals surface area contributed by atoms with Crippen LogP contribution in [0.15, 0.2) is 47.3 Å². The summed E-state index contributed by atoms with van der Waals surface area (Å²) in [5, 5.41) is 8.07. The van der Waals surface area contributed by atoms with Crippen molar-refractivity contribution in [3.05, 3.63) is 65.2 Å². The van der Waals surface area contributed by atoms with Crippen molar-refractivity contribution in [1.29, 1.82) is 0 Å². The van der Waals surface area contributed by atoms with Crippen LogP contribution in [0.3, 0.4) is 0 Å². The monoisotopic (exact) mass is 478 g/mol. The number of methoxy groups -OCH3 is 1. The molecule has 1 aromatic heterocycles. The summed E-state index contributed by atoms with van der Waals surface area (Å²) in [5.74, 6) is -0.943. The summed E-state index contributed by atoms with van der Waals surface area (Å²) in [7, 11) is 1.49. The van der Waals surface area contributed by atoms with Crippen LogP contribution in [0.1, 0.15) is 40.9 Å². The van der Waals surface area contributed by atoms with Gasteiger partial charge in [0.1, 0.15) is 5.75 Å². The third-order valence-electron chi connectivity index (χ3n) is 5.41. The fourth-order valence-corrected chi connectivity index (χ4v) is 3.85. The molecule has 0 bridgehead atoms. The number of anilines is 1. The van der Waals surface area contributed by atoms with Crippen LogP contribution >= 0.6 is 0 Å². The summed E-state index contributed by atoms with van der Waals surface area (Å²) < 4.78 is 10.7. The number of aromatic nitrogens is 1. The third-order valence-corrected chi connectivity index (χ3v) is 5.41. The van der Waals surface area contributed by atoms with E-state index < -0.39 is 17.4 Å². The molecule has 0 unspecified atom stereocenters. The van der Waals surface area contributed by atoms with Crippen LogP contribution in [0, 0.1) is 20.8 Å². The molecule has 0 spiro atoms. The van der Waals surface area contributed by atoms with Crippen molar-refractivity contribution >= 4 is 23.4 Å². The molecule has 3 amide bonds. The van der Waals surface area contributed by atoms with Crippen molar-refractivity contribution in [2.75, 3.05) is 19.0 Å². The van der Waals surface area contributed by atoms with E-state index >= 15 is 0 Å². The zero-order valence-corrected chi connectivity index (χ0v) is 20.7. The molecule has 0 aliphatic heterocycles. The van der Waals surface area contributed by atoms with E-state index in [1.165, 1.54) is 13.5 Å². The van der Waals surface area contributed by atoms with Gasteiger partial charge in [-0.3, -0.25) is 14.4 Å². The van der Waals surface area contributed by atoms with E-state index in [1.807, 2.05) is 32.9 Å². The lowest BCUT2D eigenvalue weighted by Crippen LogP contribution is -2.54. The summed E-state index contributed by atoms with van der Waals surface area (Å²) in [6, 6.07) is 8.81. The first kappa shape index (κ1) is 25.5. The first-order valence-corrected chi connectivity index (χ1v) is 11.1. The van der Waals surface area contributed by atoms with Crippen molar-refractivity contribution in [2.24, 2.45) is 0 Å². The molecule has 2 aromatic carbocycles. The first-order chi connectivity index (χ1) is 16.5. The maximum absolute atomic E-state index is 12.8. The van der Waals surface area contributed by atoms with Gasteiger partial charge in [0.05, 0.1) is 24.4 Å². The van der Waals surface area contributed by atoms with Crippen molar-refractivity contribution < 1.29 is 23.5 Å². The quantitative estimate of drug-likeness (QED) is 0.447. The van der Waals surface area contributed by atoms with E-state index in [1.54, 1.807) is 38.2 Å². The Balaban J connectivity index is 1.60. The van der Waals surface area contributed by atoms with Crippen LogP contribution in [0.5, 0.6) is 5.75 Å². The van der Waals surface area contributed by atoms with Crippen molar-refractivity contribution in [1.82, 2.24) is 15.6 Å². The summed E-state index contributed by atoms with van der Waals surface area (Å²) in [6.45, 7) is 9.34. The lowest BCUT2D eigenvalue weighted by Gasteiger charge is -2.26. The van der Waals surface area contributed by atoms with Gasteiger partial charge in [0, 0.05) is 23.9 Å². The van der Waals surface area contributed by atoms with Crippen LogP contribution in [0.25, 0.3) is 11.3 Å². The van der Waals surface area contributed by atoms with Gasteiger partial charge in [0.25, 0.3) is 5.91 Å². The molecule has 0 aliphatic carbocycles. The Morgan fingerprint density at radius 3 is 2.31 bits per heavy atom. The zero-order valence-electron chi connectivity index (χ0n) is 20.7. The van der Waals surface area contributed by atoms with Crippen LogP contribution in [-0.4, -0.2) is 41.9 Å². The number of benzene rings is 2. The topological polar surface area (TPSA) is 123 Å². The Kier molecular flexibility index (Phi) is 7.58. The van der Waals surface area contributed by atoms with Crippen LogP contribution < -0.4 is 20.7 Å². The van der Waals surface area contributed by atoms with Crippen molar-refractivity contribution in [3.63, 3.8) is 0 Å². The van der Waals surface area contributed by atoms with E-state index in [-0.39, 0.29) is 12.5 Å². The molecule has 0 saturated heterocycles. The fourth-order valence-electron chi connectivity index (χ4n) is 3.85. The highest BCUT2D eigenvalue weighted by atomic mass is 16.5. The zero-order chi connectivity index (χ0) is 25.8. The number of amides is 3. The molecule has 0 atom stereocenters. The number of nitrogens with one attached hydrogen (secondary N) is 3. The average molecular weight is 479 g/mol. The minimum atomic E-state index is -0.871. The molecule has 0 aliphatic rings. The number of rotatable bonds is 7. The Morgan fingerprint density at radius 1 is 1.03 bits per heavy atom. The highest BCUT2D eigenvalue weighted by Crippen LogP contribution is 2.32. The van der Waals surface area contributed by atoms with Gasteiger partial charge in [-0.05, 0) is 57.9 Å². The number of hydrogen-bond acceptors (Lipinski definition) is 6. The first-order valence-electron chi connectivity index (χ1n) is 11.1. The highest BCUT2D eigenvalue weighted by Gasteiger charge is 2.26. The number of oxazole rings is 1. The third kappa shape index (κ3) is 6.26. The average Bonchev–Trinajstić information content (AvgIpc) is 3.31. The predicted molar refractivity (Wildman–Crippen MR) is 132 cm³/mol. The predicted octanol–water partition coefficient (Wildman–Crippen LogP) is 3.54. The van der Waals surface area contributed by atoms with Crippen LogP contribution in [0.2, 0.25) is 0 Å². The van der Waals surface area contributed by atoms with Gasteiger partial charge >= 0.3 is 11.8 Å². The Hall–Kier alpha value is -4.14. The van der Waals surface area contributed by atoms with Crippen molar-refractivity contribution in [2.45, 2.75) is 40.2 Å². The standard InChI is InChI=1S/C26H30N4O5/c1-15-9-16(2)22(17(3)10-15)23(31)28-13-26(4,5)30-25(33)24(32)29-18-7-8-19(20(11-18)34-6)21-12-27-14-35-21/h7-12,14H,13H2,1-6H3,(H,28,31)(H,29,32)(H,30,33). The molecule has 3 rings (SSSR count). The van der Waals surface area contributed by atoms with Gasteiger partial charge in [0.15, 0.2) is 12.2 Å². The van der Waals surface area contributed by atoms with Gasteiger partial charge in [-0.2, -0.15) is 0 Å². The molecule has 0 radical (unpaired) electrons. The number of carbonyl (C=O) groups is 3. The second kappa shape index (κ2) is 10.4. The van der Waals surface area contributed by atoms with Gasteiger partial charge < -0.3 is 25.1 Å². The largest absolute Gasteiger partial charge is 0.496 e. The summed E-state index contributed by atoms with van der Waals surface area (Å²) in [6.07, 6.45) is 2.86. The number of aryl methyl sites for hydroxylation is 3. The highest BCUT2D eigenvalue weighted by molar-refractivity contribution is 6.39. The van der Waals surface area contributed by atoms with Gasteiger partial charge in [-0.15, -0.1) is 0 Å². The second-order valence-corrected chi connectivity index (χ2v) is 9.03. The normalized spacial score (nSPS) is 11.0. The molecule has 9 heteroatoms. The summed E-state index contributed by atoms with van der Waals surface area (Å²) in [4.78, 5) is 41.7. The number of ether oxygens (including phenoxy) is 1. The summed E-state index contributed by atoms with van der Waals surface area (Å²) >= 11 is 0. The van der Waals surface area contributed by atoms with Gasteiger partial charge in [0.2, 0.25) is 0 Å². The molecule has 35 heavy (non-hydrogen) atoms. The van der Waals surface area contributed by atoms with Gasteiger partial charge in [-0.1, -0.05) is 17.7 Å². The number of carbonyl (C=O) groups excluding carboxylic acids is 3. The minimum Gasteiger partial charge on any atom is -0.496 e. The molecule has 1 heterocycles. The van der Waals surface area contributed by atoms with E-state index in [9.17, 15) is 14.4 Å². The van der Waals surface area contributed by atoms with E-state index in [4.69, 9.17) is 9.15 Å². The summed E-state index contributed by atoms with van der Waals surface area (Å²) in [5.41, 5.74) is 3.62. The van der Waals surface area contributed by atoms with Gasteiger partial charge in [-0.25, -0.2) is 4.98 Å². The van der Waals surface area contributed by atoms with E-state index in [0.717, 1.165) is 16.7 Å². The molecular formula is C26H30N4O5. The van der Waals surface area contributed by atoms with Crippen LogP contribution in [0.4, 0.5) is 5.69 Å². The molecular weight excluding hydrogens is 448 g/mol. The van der Waals surface area contributed by atoms with E-state index in [2.05, 4.69) is 20.9 Å². The molecule has 3 aromatic rings. The smallest absolute Gasteiger partial charge is 0.313 e. The minimum absolute atomic E-state index is 0.136. The number of hydrogen-bond donors (Lipinski definition) is 3. The molecule has 3 N–H and O–H groups in total. The van der Waals surface area contributed by atoms with Crippen LogP contribution in [-0.2, 0) is 9.59 Å². The number of nitrogens with zero attached hydrogens (tertiary/aromatic N) is 1. The van der Waals surface area contributed by atoms with E-state index in [0.29, 0.717) is 28.3 Å².